The Labute approximate surface area is 123 Å². The van der Waals surface area contributed by atoms with Crippen LogP contribution in [-0.2, 0) is 4.79 Å². The lowest BCUT2D eigenvalue weighted by atomic mass is 10.1. The Morgan fingerprint density at radius 1 is 1.44 bits per heavy atom. The number of halogens is 2. The molecule has 0 atom stereocenters. The van der Waals surface area contributed by atoms with E-state index in [0.29, 0.717) is 23.7 Å². The average Bonchev–Trinajstić information content (AvgIpc) is 2.22. The van der Waals surface area contributed by atoms with Gasteiger partial charge in [0.2, 0.25) is 5.91 Å². The third-order valence-electron chi connectivity index (χ3n) is 2.57. The van der Waals surface area contributed by atoms with E-state index in [9.17, 15) is 4.79 Å². The standard InChI is InChI=1S/C13H19BrN2O.ClH/c1-8(2)4-5-12(17)16-11-7-10(14)6-9(3)13(11)15;/h6-8H,4-5,15H2,1-3H3,(H,16,17);1H. The lowest BCUT2D eigenvalue weighted by Crippen LogP contribution is -2.14. The molecule has 0 fully saturated rings. The van der Waals surface area contributed by atoms with Gasteiger partial charge in [0.15, 0.2) is 0 Å². The summed E-state index contributed by atoms with van der Waals surface area (Å²) in [5.41, 5.74) is 8.19. The van der Waals surface area contributed by atoms with E-state index in [2.05, 4.69) is 35.1 Å². The van der Waals surface area contributed by atoms with Gasteiger partial charge in [-0.25, -0.2) is 0 Å². The molecular formula is C13H20BrClN2O. The number of rotatable bonds is 4. The van der Waals surface area contributed by atoms with Gasteiger partial charge in [-0.05, 0) is 37.0 Å². The second-order valence-corrected chi connectivity index (χ2v) is 5.58. The molecule has 3 N–H and O–H groups in total. The molecule has 0 heterocycles. The van der Waals surface area contributed by atoms with E-state index in [1.807, 2.05) is 19.1 Å². The number of aryl methyl sites for hydroxylation is 1. The lowest BCUT2D eigenvalue weighted by Gasteiger charge is -2.11. The normalized spacial score (nSPS) is 10.1. The molecule has 0 spiro atoms. The van der Waals surface area contributed by atoms with Crippen LogP contribution >= 0.6 is 28.3 Å². The van der Waals surface area contributed by atoms with Crippen LogP contribution in [0.15, 0.2) is 16.6 Å². The van der Waals surface area contributed by atoms with Gasteiger partial charge in [-0.2, -0.15) is 0 Å². The van der Waals surface area contributed by atoms with Crippen molar-refractivity contribution < 1.29 is 4.79 Å². The maximum atomic E-state index is 11.7. The molecule has 0 aromatic heterocycles. The molecule has 0 unspecified atom stereocenters. The van der Waals surface area contributed by atoms with Crippen molar-refractivity contribution in [2.24, 2.45) is 5.92 Å². The van der Waals surface area contributed by atoms with Crippen LogP contribution in [0.3, 0.4) is 0 Å². The number of hydrogen-bond donors (Lipinski definition) is 2. The summed E-state index contributed by atoms with van der Waals surface area (Å²) >= 11 is 3.39. The predicted octanol–water partition coefficient (Wildman–Crippen LogP) is 4.14. The Bertz CT molecular complexity index is 422. The minimum Gasteiger partial charge on any atom is -0.397 e. The summed E-state index contributed by atoms with van der Waals surface area (Å²) in [6.45, 7) is 6.12. The van der Waals surface area contributed by atoms with Crippen molar-refractivity contribution in [1.29, 1.82) is 0 Å². The summed E-state index contributed by atoms with van der Waals surface area (Å²) in [5, 5.41) is 2.85. The van der Waals surface area contributed by atoms with Crippen molar-refractivity contribution in [3.63, 3.8) is 0 Å². The Kier molecular flexibility index (Phi) is 7.33. The van der Waals surface area contributed by atoms with Crippen molar-refractivity contribution in [3.8, 4) is 0 Å². The fourth-order valence-corrected chi connectivity index (χ4v) is 2.06. The maximum absolute atomic E-state index is 11.7. The molecule has 1 rings (SSSR count). The van der Waals surface area contributed by atoms with Gasteiger partial charge < -0.3 is 11.1 Å². The zero-order valence-corrected chi connectivity index (χ0v) is 13.3. The van der Waals surface area contributed by atoms with E-state index < -0.39 is 0 Å². The number of nitrogens with one attached hydrogen (secondary N) is 1. The average molecular weight is 336 g/mol. The van der Waals surface area contributed by atoms with Gasteiger partial charge in [0.25, 0.3) is 0 Å². The number of amides is 1. The van der Waals surface area contributed by atoms with Crippen LogP contribution in [0, 0.1) is 12.8 Å². The summed E-state index contributed by atoms with van der Waals surface area (Å²) in [4.78, 5) is 11.7. The molecule has 0 saturated heterocycles. The molecule has 102 valence electrons. The van der Waals surface area contributed by atoms with Gasteiger partial charge >= 0.3 is 0 Å². The fraction of sp³-hybridized carbons (Fsp3) is 0.462. The van der Waals surface area contributed by atoms with E-state index in [4.69, 9.17) is 5.73 Å². The second-order valence-electron chi connectivity index (χ2n) is 4.66. The first-order valence-electron chi connectivity index (χ1n) is 5.75. The van der Waals surface area contributed by atoms with Crippen molar-refractivity contribution in [1.82, 2.24) is 0 Å². The third kappa shape index (κ3) is 5.27. The van der Waals surface area contributed by atoms with E-state index in [1.54, 1.807) is 0 Å². The van der Waals surface area contributed by atoms with Gasteiger partial charge in [0, 0.05) is 10.9 Å². The molecule has 0 bridgehead atoms. The summed E-state index contributed by atoms with van der Waals surface area (Å²) in [7, 11) is 0. The van der Waals surface area contributed by atoms with Crippen LogP contribution in [0.25, 0.3) is 0 Å². The van der Waals surface area contributed by atoms with E-state index in [1.165, 1.54) is 0 Å². The minimum atomic E-state index is 0. The minimum absolute atomic E-state index is 0. The van der Waals surface area contributed by atoms with Gasteiger partial charge in [0.1, 0.15) is 0 Å². The highest BCUT2D eigenvalue weighted by Gasteiger charge is 2.08. The van der Waals surface area contributed by atoms with E-state index in [-0.39, 0.29) is 18.3 Å². The molecule has 1 aromatic carbocycles. The molecule has 5 heteroatoms. The number of benzene rings is 1. The molecule has 1 aromatic rings. The number of carbonyl (C=O) groups is 1. The Hall–Kier alpha value is -0.740. The molecule has 0 saturated carbocycles. The van der Waals surface area contributed by atoms with Crippen LogP contribution in [0.2, 0.25) is 0 Å². The summed E-state index contributed by atoms with van der Waals surface area (Å²) in [6, 6.07) is 3.76. The number of nitrogens with two attached hydrogens (primary N) is 1. The van der Waals surface area contributed by atoms with Crippen molar-refractivity contribution in [2.75, 3.05) is 11.1 Å². The highest BCUT2D eigenvalue weighted by Crippen LogP contribution is 2.27. The van der Waals surface area contributed by atoms with Gasteiger partial charge in [-0.1, -0.05) is 29.8 Å². The van der Waals surface area contributed by atoms with Gasteiger partial charge in [0.05, 0.1) is 11.4 Å². The Morgan fingerprint density at radius 3 is 2.61 bits per heavy atom. The zero-order chi connectivity index (χ0) is 13.0. The summed E-state index contributed by atoms with van der Waals surface area (Å²) < 4.78 is 0.920. The van der Waals surface area contributed by atoms with Gasteiger partial charge in [-0.3, -0.25) is 4.79 Å². The lowest BCUT2D eigenvalue weighted by molar-refractivity contribution is -0.116. The molecule has 18 heavy (non-hydrogen) atoms. The number of hydrogen-bond acceptors (Lipinski definition) is 2. The number of nitrogen functional groups attached to an aromatic ring is 1. The molecule has 0 aliphatic carbocycles. The molecule has 0 radical (unpaired) electrons. The van der Waals surface area contributed by atoms with Crippen molar-refractivity contribution >= 4 is 45.6 Å². The SMILES string of the molecule is Cc1cc(Br)cc(NC(=O)CCC(C)C)c1N.Cl. The quantitative estimate of drug-likeness (QED) is 0.813. The molecule has 0 aliphatic heterocycles. The number of carbonyl (C=O) groups excluding carboxylic acids is 1. The maximum Gasteiger partial charge on any atom is 0.224 e. The topological polar surface area (TPSA) is 55.1 Å². The first kappa shape index (κ1) is 17.3. The predicted molar refractivity (Wildman–Crippen MR) is 83.2 cm³/mol. The zero-order valence-electron chi connectivity index (χ0n) is 10.9. The molecular weight excluding hydrogens is 316 g/mol. The monoisotopic (exact) mass is 334 g/mol. The molecule has 1 amide bonds. The highest BCUT2D eigenvalue weighted by atomic mass is 79.9. The first-order valence-corrected chi connectivity index (χ1v) is 6.55. The van der Waals surface area contributed by atoms with E-state index in [0.717, 1.165) is 16.5 Å². The fourth-order valence-electron chi connectivity index (χ4n) is 1.49. The summed E-state index contributed by atoms with van der Waals surface area (Å²) in [5.74, 6) is 0.547. The Morgan fingerprint density at radius 2 is 2.06 bits per heavy atom. The second kappa shape index (κ2) is 7.64. The third-order valence-corrected chi connectivity index (χ3v) is 3.03. The van der Waals surface area contributed by atoms with Crippen LogP contribution in [-0.4, -0.2) is 5.91 Å². The van der Waals surface area contributed by atoms with E-state index >= 15 is 0 Å². The molecule has 0 aliphatic rings. The first-order chi connectivity index (χ1) is 7.90. The number of anilines is 2. The highest BCUT2D eigenvalue weighted by molar-refractivity contribution is 9.10. The van der Waals surface area contributed by atoms with Crippen LogP contribution in [0.1, 0.15) is 32.3 Å². The van der Waals surface area contributed by atoms with Gasteiger partial charge in [-0.15, -0.1) is 12.4 Å². The van der Waals surface area contributed by atoms with Crippen molar-refractivity contribution in [2.45, 2.75) is 33.6 Å². The van der Waals surface area contributed by atoms with Crippen LogP contribution < -0.4 is 11.1 Å². The van der Waals surface area contributed by atoms with Crippen LogP contribution in [0.5, 0.6) is 0 Å². The largest absolute Gasteiger partial charge is 0.397 e. The van der Waals surface area contributed by atoms with Crippen molar-refractivity contribution in [3.05, 3.63) is 22.2 Å². The summed E-state index contributed by atoms with van der Waals surface area (Å²) in [6.07, 6.45) is 1.42. The smallest absolute Gasteiger partial charge is 0.224 e. The van der Waals surface area contributed by atoms with Crippen LogP contribution in [0.4, 0.5) is 11.4 Å². The molecule has 3 nitrogen and oxygen atoms in total. The Balaban J connectivity index is 0.00000289.